The molecule has 1 heterocycles. The molecule has 1 aromatic rings. The highest BCUT2D eigenvalue weighted by molar-refractivity contribution is 5.73. The first kappa shape index (κ1) is 27.1. The lowest BCUT2D eigenvalue weighted by Gasteiger charge is -2.44. The van der Waals surface area contributed by atoms with Crippen molar-refractivity contribution in [2.24, 2.45) is 0 Å². The number of benzene rings is 1. The van der Waals surface area contributed by atoms with Gasteiger partial charge in [-0.15, -0.1) is 0 Å². The number of amides is 1. The summed E-state index contributed by atoms with van der Waals surface area (Å²) in [6.07, 6.45) is -3.51. The van der Waals surface area contributed by atoms with Gasteiger partial charge in [0.2, 0.25) is 12.2 Å². The SMILES string of the molecule is CCC(C)c1ccc(OC2OC(COC(C)=O)C(OC(C)=O)C(OC(C)=O)C2NC(C)=O)cc1. The molecule has 6 atom stereocenters. The molecule has 1 N–H and O–H groups in total. The van der Waals surface area contributed by atoms with Crippen LogP contribution in [0.5, 0.6) is 5.75 Å². The Balaban J connectivity index is 2.41. The van der Waals surface area contributed by atoms with Gasteiger partial charge in [-0.05, 0) is 30.0 Å². The van der Waals surface area contributed by atoms with Crippen molar-refractivity contribution in [3.05, 3.63) is 29.8 Å². The second-order valence-electron chi connectivity index (χ2n) is 8.22. The quantitative estimate of drug-likeness (QED) is 0.419. The second kappa shape index (κ2) is 12.4. The van der Waals surface area contributed by atoms with Gasteiger partial charge < -0.3 is 29.0 Å². The lowest BCUT2D eigenvalue weighted by atomic mass is 9.96. The Morgan fingerprint density at radius 3 is 2.03 bits per heavy atom. The maximum absolute atomic E-state index is 12.0. The molecule has 0 aromatic heterocycles. The summed E-state index contributed by atoms with van der Waals surface area (Å²) in [5, 5.41) is 2.67. The van der Waals surface area contributed by atoms with Crippen molar-refractivity contribution < 1.29 is 42.9 Å². The number of hydrogen-bond donors (Lipinski definition) is 1. The first-order valence-corrected chi connectivity index (χ1v) is 11.2. The molecule has 0 bridgehead atoms. The zero-order chi connectivity index (χ0) is 25.4. The molecule has 2 rings (SSSR count). The van der Waals surface area contributed by atoms with Crippen LogP contribution in [-0.2, 0) is 38.1 Å². The molecule has 1 fully saturated rings. The van der Waals surface area contributed by atoms with Crippen LogP contribution in [0.4, 0.5) is 0 Å². The van der Waals surface area contributed by atoms with Gasteiger partial charge in [-0.25, -0.2) is 0 Å². The molecular weight excluding hydrogens is 446 g/mol. The molecule has 188 valence electrons. The summed E-state index contributed by atoms with van der Waals surface area (Å²) < 4.78 is 27.9. The third-order valence-electron chi connectivity index (χ3n) is 5.38. The minimum absolute atomic E-state index is 0.287. The van der Waals surface area contributed by atoms with Crippen LogP contribution < -0.4 is 10.1 Å². The summed E-state index contributed by atoms with van der Waals surface area (Å²) in [5.41, 5.74) is 1.14. The third kappa shape index (κ3) is 7.72. The highest BCUT2D eigenvalue weighted by Crippen LogP contribution is 2.30. The van der Waals surface area contributed by atoms with Crippen molar-refractivity contribution >= 4 is 23.8 Å². The fraction of sp³-hybridized carbons (Fsp3) is 0.583. The van der Waals surface area contributed by atoms with Gasteiger partial charge in [-0.1, -0.05) is 26.0 Å². The van der Waals surface area contributed by atoms with Gasteiger partial charge in [-0.2, -0.15) is 0 Å². The average Bonchev–Trinajstić information content (AvgIpc) is 2.75. The average molecular weight is 480 g/mol. The van der Waals surface area contributed by atoms with Gasteiger partial charge >= 0.3 is 17.9 Å². The van der Waals surface area contributed by atoms with Gasteiger partial charge in [0, 0.05) is 27.7 Å². The van der Waals surface area contributed by atoms with Crippen molar-refractivity contribution in [1.82, 2.24) is 5.32 Å². The van der Waals surface area contributed by atoms with Crippen molar-refractivity contribution in [2.45, 2.75) is 84.5 Å². The van der Waals surface area contributed by atoms with Gasteiger partial charge in [0.25, 0.3) is 0 Å². The number of ether oxygens (including phenoxy) is 5. The van der Waals surface area contributed by atoms with E-state index in [2.05, 4.69) is 19.2 Å². The Morgan fingerprint density at radius 1 is 0.941 bits per heavy atom. The summed E-state index contributed by atoms with van der Waals surface area (Å²) in [7, 11) is 0. The summed E-state index contributed by atoms with van der Waals surface area (Å²) in [6, 6.07) is 6.39. The van der Waals surface area contributed by atoms with E-state index in [-0.39, 0.29) is 6.61 Å². The van der Waals surface area contributed by atoms with Gasteiger partial charge in [-0.3, -0.25) is 19.2 Å². The smallest absolute Gasteiger partial charge is 0.303 e. The third-order valence-corrected chi connectivity index (χ3v) is 5.38. The molecule has 0 radical (unpaired) electrons. The number of rotatable bonds is 9. The number of nitrogens with one attached hydrogen (secondary N) is 1. The molecule has 10 nitrogen and oxygen atoms in total. The van der Waals surface area contributed by atoms with Gasteiger partial charge in [0.05, 0.1) is 0 Å². The van der Waals surface area contributed by atoms with E-state index in [1.807, 2.05) is 12.1 Å². The number of hydrogen-bond acceptors (Lipinski definition) is 9. The number of esters is 3. The van der Waals surface area contributed by atoms with E-state index in [0.717, 1.165) is 12.0 Å². The monoisotopic (exact) mass is 479 g/mol. The maximum Gasteiger partial charge on any atom is 0.303 e. The van der Waals surface area contributed by atoms with Crippen LogP contribution >= 0.6 is 0 Å². The molecular formula is C24H33NO9. The van der Waals surface area contributed by atoms with E-state index in [9.17, 15) is 19.2 Å². The minimum Gasteiger partial charge on any atom is -0.463 e. The van der Waals surface area contributed by atoms with Gasteiger partial charge in [0.1, 0.15) is 24.5 Å². The molecule has 1 amide bonds. The van der Waals surface area contributed by atoms with Gasteiger partial charge in [0.15, 0.2) is 12.2 Å². The fourth-order valence-electron chi connectivity index (χ4n) is 3.64. The molecule has 1 aromatic carbocycles. The van der Waals surface area contributed by atoms with Crippen LogP contribution in [0.25, 0.3) is 0 Å². The standard InChI is InChI=1S/C24H33NO9/c1-7-13(2)18-8-10-19(11-9-18)33-24-21(25-14(3)26)23(32-17(6)29)22(31-16(5)28)20(34-24)12-30-15(4)27/h8-11,13,20-24H,7,12H2,1-6H3,(H,25,26). The molecule has 1 aliphatic heterocycles. The first-order valence-electron chi connectivity index (χ1n) is 11.2. The Labute approximate surface area is 199 Å². The summed E-state index contributed by atoms with van der Waals surface area (Å²) in [4.78, 5) is 47.1. The molecule has 0 saturated carbocycles. The van der Waals surface area contributed by atoms with Crippen LogP contribution in [0.2, 0.25) is 0 Å². The Bertz CT molecular complexity index is 870. The second-order valence-corrected chi connectivity index (χ2v) is 8.22. The fourth-order valence-corrected chi connectivity index (χ4v) is 3.64. The van der Waals surface area contributed by atoms with E-state index >= 15 is 0 Å². The van der Waals surface area contributed by atoms with Crippen LogP contribution in [0, 0.1) is 0 Å². The molecule has 0 aliphatic carbocycles. The normalized spacial score (nSPS) is 24.9. The first-order chi connectivity index (χ1) is 16.0. The Hall–Kier alpha value is -3.14. The Morgan fingerprint density at radius 2 is 1.53 bits per heavy atom. The van der Waals surface area contributed by atoms with Crippen LogP contribution in [-0.4, -0.2) is 61.1 Å². The predicted molar refractivity (Wildman–Crippen MR) is 120 cm³/mol. The van der Waals surface area contributed by atoms with E-state index < -0.39 is 54.5 Å². The molecule has 34 heavy (non-hydrogen) atoms. The van der Waals surface area contributed by atoms with E-state index in [1.54, 1.807) is 12.1 Å². The van der Waals surface area contributed by atoms with E-state index in [1.165, 1.54) is 27.7 Å². The zero-order valence-corrected chi connectivity index (χ0v) is 20.4. The predicted octanol–water partition coefficient (Wildman–Crippen LogP) is 2.23. The molecule has 10 heteroatoms. The van der Waals surface area contributed by atoms with Crippen molar-refractivity contribution in [2.75, 3.05) is 6.61 Å². The van der Waals surface area contributed by atoms with Crippen LogP contribution in [0.3, 0.4) is 0 Å². The van der Waals surface area contributed by atoms with Crippen molar-refractivity contribution in [1.29, 1.82) is 0 Å². The summed E-state index contributed by atoms with van der Waals surface area (Å²) >= 11 is 0. The zero-order valence-electron chi connectivity index (χ0n) is 20.4. The summed E-state index contributed by atoms with van der Waals surface area (Å²) in [6.45, 7) is 8.81. The topological polar surface area (TPSA) is 126 Å². The maximum atomic E-state index is 12.0. The van der Waals surface area contributed by atoms with E-state index in [0.29, 0.717) is 11.7 Å². The minimum atomic E-state index is -1.16. The van der Waals surface area contributed by atoms with Crippen molar-refractivity contribution in [3.8, 4) is 5.75 Å². The molecule has 1 aliphatic rings. The highest BCUT2D eigenvalue weighted by Gasteiger charge is 2.51. The van der Waals surface area contributed by atoms with E-state index in [4.69, 9.17) is 23.7 Å². The highest BCUT2D eigenvalue weighted by atomic mass is 16.7. The largest absolute Gasteiger partial charge is 0.463 e. The molecule has 6 unspecified atom stereocenters. The summed E-state index contributed by atoms with van der Waals surface area (Å²) in [5.74, 6) is -1.52. The number of carbonyl (C=O) groups excluding carboxylic acids is 4. The van der Waals surface area contributed by atoms with Crippen molar-refractivity contribution in [3.63, 3.8) is 0 Å². The molecule has 0 spiro atoms. The lowest BCUT2D eigenvalue weighted by Crippen LogP contribution is -2.67. The van der Waals surface area contributed by atoms with Crippen LogP contribution in [0.1, 0.15) is 59.4 Å². The molecule has 1 saturated heterocycles. The number of carbonyl (C=O) groups is 4. The van der Waals surface area contributed by atoms with Crippen LogP contribution in [0.15, 0.2) is 24.3 Å². The lowest BCUT2D eigenvalue weighted by molar-refractivity contribution is -0.257. The Kier molecular flexibility index (Phi) is 9.85.